The Kier molecular flexibility index (Phi) is 5.79. The normalized spacial score (nSPS) is 13.0. The zero-order chi connectivity index (χ0) is 15.4. The predicted octanol–water partition coefficient (Wildman–Crippen LogP) is 3.84. The molecule has 0 amide bonds. The Balaban J connectivity index is 2.74. The highest BCUT2D eigenvalue weighted by Gasteiger charge is 2.31. The number of rotatable bonds is 7. The van der Waals surface area contributed by atoms with Gasteiger partial charge in [0.05, 0.1) is 0 Å². The summed E-state index contributed by atoms with van der Waals surface area (Å²) in [5, 5.41) is 3.31. The summed E-state index contributed by atoms with van der Waals surface area (Å²) in [6.07, 6.45) is 1.17. The fraction of sp³-hybridized carbons (Fsp3) is 0.667. The van der Waals surface area contributed by atoms with E-state index in [9.17, 15) is 0 Å². The van der Waals surface area contributed by atoms with E-state index in [0.717, 1.165) is 13.1 Å². The van der Waals surface area contributed by atoms with E-state index in [1.807, 2.05) is 7.05 Å². The Labute approximate surface area is 125 Å². The summed E-state index contributed by atoms with van der Waals surface area (Å²) in [6, 6.07) is 8.68. The average Bonchev–Trinajstić information content (AvgIpc) is 2.30. The maximum Gasteiger partial charge on any atom is 0.0238 e. The molecule has 0 saturated carbocycles. The first-order valence-corrected chi connectivity index (χ1v) is 7.58. The first-order valence-electron chi connectivity index (χ1n) is 7.58. The predicted molar refractivity (Wildman–Crippen MR) is 89.0 cm³/mol. The topological polar surface area (TPSA) is 15.3 Å². The van der Waals surface area contributed by atoms with Crippen LogP contribution in [-0.2, 0) is 6.54 Å². The van der Waals surface area contributed by atoms with Crippen LogP contribution in [0.5, 0.6) is 0 Å². The zero-order valence-electron chi connectivity index (χ0n) is 14.4. The third-order valence-corrected chi connectivity index (χ3v) is 4.27. The molecule has 20 heavy (non-hydrogen) atoms. The van der Waals surface area contributed by atoms with Crippen LogP contribution in [0.4, 0.5) is 0 Å². The minimum atomic E-state index is 0.183. The molecular weight excluding hydrogens is 244 g/mol. The van der Waals surface area contributed by atoms with Gasteiger partial charge in [-0.2, -0.15) is 0 Å². The SMILES string of the molecule is CNCC(C)(C)CC(C)(C)N(C)Cc1ccccc1C. The number of aryl methyl sites for hydroxylation is 1. The minimum absolute atomic E-state index is 0.183. The quantitative estimate of drug-likeness (QED) is 0.814. The lowest BCUT2D eigenvalue weighted by Gasteiger charge is -2.41. The Hall–Kier alpha value is -0.860. The number of hydrogen-bond donors (Lipinski definition) is 1. The molecule has 114 valence electrons. The monoisotopic (exact) mass is 276 g/mol. The molecule has 0 bridgehead atoms. The fourth-order valence-electron chi connectivity index (χ4n) is 3.10. The van der Waals surface area contributed by atoms with Gasteiger partial charge < -0.3 is 5.32 Å². The molecule has 0 aliphatic heterocycles. The van der Waals surface area contributed by atoms with E-state index in [4.69, 9.17) is 0 Å². The summed E-state index contributed by atoms with van der Waals surface area (Å²) in [6.45, 7) is 13.6. The number of nitrogens with zero attached hydrogens (tertiary/aromatic N) is 1. The van der Waals surface area contributed by atoms with Gasteiger partial charge in [0.25, 0.3) is 0 Å². The van der Waals surface area contributed by atoms with E-state index in [0.29, 0.717) is 5.41 Å². The number of nitrogens with one attached hydrogen (secondary N) is 1. The van der Waals surface area contributed by atoms with Crippen molar-refractivity contribution in [3.8, 4) is 0 Å². The van der Waals surface area contributed by atoms with Crippen molar-refractivity contribution in [3.63, 3.8) is 0 Å². The first-order chi connectivity index (χ1) is 9.18. The molecular formula is C18H32N2. The second-order valence-electron chi connectivity index (χ2n) is 7.47. The van der Waals surface area contributed by atoms with Gasteiger partial charge in [-0.25, -0.2) is 0 Å². The van der Waals surface area contributed by atoms with Crippen LogP contribution >= 0.6 is 0 Å². The van der Waals surface area contributed by atoms with Crippen LogP contribution in [-0.4, -0.2) is 31.1 Å². The molecule has 2 nitrogen and oxygen atoms in total. The number of benzene rings is 1. The Morgan fingerprint density at radius 1 is 1.10 bits per heavy atom. The smallest absolute Gasteiger partial charge is 0.0238 e. The summed E-state index contributed by atoms with van der Waals surface area (Å²) in [7, 11) is 4.27. The van der Waals surface area contributed by atoms with Crippen LogP contribution < -0.4 is 5.32 Å². The van der Waals surface area contributed by atoms with E-state index in [-0.39, 0.29) is 5.54 Å². The van der Waals surface area contributed by atoms with Gasteiger partial charge in [-0.15, -0.1) is 0 Å². The van der Waals surface area contributed by atoms with Crippen LogP contribution in [0.3, 0.4) is 0 Å². The van der Waals surface area contributed by atoms with Crippen molar-refractivity contribution < 1.29 is 0 Å². The highest BCUT2D eigenvalue weighted by atomic mass is 15.2. The third kappa shape index (κ3) is 4.92. The fourth-order valence-corrected chi connectivity index (χ4v) is 3.10. The van der Waals surface area contributed by atoms with Crippen LogP contribution in [0.2, 0.25) is 0 Å². The summed E-state index contributed by atoms with van der Waals surface area (Å²) in [5.74, 6) is 0. The maximum atomic E-state index is 3.31. The minimum Gasteiger partial charge on any atom is -0.319 e. The molecule has 1 rings (SSSR count). The first kappa shape index (κ1) is 17.2. The summed E-state index contributed by atoms with van der Waals surface area (Å²) in [5.41, 5.74) is 3.29. The molecule has 0 saturated heterocycles. The highest BCUT2D eigenvalue weighted by molar-refractivity contribution is 5.25. The molecule has 0 atom stereocenters. The molecule has 0 heterocycles. The van der Waals surface area contributed by atoms with Crippen molar-refractivity contribution in [2.75, 3.05) is 20.6 Å². The highest BCUT2D eigenvalue weighted by Crippen LogP contribution is 2.31. The summed E-state index contributed by atoms with van der Waals surface area (Å²) >= 11 is 0. The maximum absolute atomic E-state index is 3.31. The van der Waals surface area contributed by atoms with Gasteiger partial charge in [0.1, 0.15) is 0 Å². The van der Waals surface area contributed by atoms with Crippen LogP contribution in [0.25, 0.3) is 0 Å². The molecule has 0 aliphatic carbocycles. The van der Waals surface area contributed by atoms with E-state index in [1.54, 1.807) is 0 Å². The van der Waals surface area contributed by atoms with Gasteiger partial charge >= 0.3 is 0 Å². The van der Waals surface area contributed by atoms with E-state index in [1.165, 1.54) is 17.5 Å². The van der Waals surface area contributed by atoms with Gasteiger partial charge in [0.2, 0.25) is 0 Å². The van der Waals surface area contributed by atoms with E-state index >= 15 is 0 Å². The van der Waals surface area contributed by atoms with Crippen LogP contribution in [0, 0.1) is 12.3 Å². The van der Waals surface area contributed by atoms with Crippen molar-refractivity contribution in [2.45, 2.75) is 53.1 Å². The Morgan fingerprint density at radius 2 is 1.70 bits per heavy atom. The largest absolute Gasteiger partial charge is 0.319 e. The second kappa shape index (κ2) is 6.73. The lowest BCUT2D eigenvalue weighted by Crippen LogP contribution is -2.45. The van der Waals surface area contributed by atoms with Crippen LogP contribution in [0.15, 0.2) is 24.3 Å². The van der Waals surface area contributed by atoms with E-state index in [2.05, 4.69) is 76.1 Å². The molecule has 0 spiro atoms. The third-order valence-electron chi connectivity index (χ3n) is 4.27. The van der Waals surface area contributed by atoms with Crippen molar-refractivity contribution >= 4 is 0 Å². The second-order valence-corrected chi connectivity index (χ2v) is 7.47. The Bertz CT molecular complexity index is 421. The van der Waals surface area contributed by atoms with Gasteiger partial charge in [-0.1, -0.05) is 38.1 Å². The van der Waals surface area contributed by atoms with Crippen molar-refractivity contribution in [1.82, 2.24) is 10.2 Å². The summed E-state index contributed by atoms with van der Waals surface area (Å²) < 4.78 is 0. The average molecular weight is 276 g/mol. The lowest BCUT2D eigenvalue weighted by molar-refractivity contribution is 0.0901. The van der Waals surface area contributed by atoms with Crippen molar-refractivity contribution in [1.29, 1.82) is 0 Å². The molecule has 0 aromatic heterocycles. The molecule has 0 radical (unpaired) electrons. The standard InChI is InChI=1S/C18H32N2/c1-15-10-8-9-11-16(15)12-20(7)18(4,5)13-17(2,3)14-19-6/h8-11,19H,12-14H2,1-7H3. The van der Waals surface area contributed by atoms with Gasteiger partial charge in [0.15, 0.2) is 0 Å². The molecule has 1 aromatic rings. The van der Waals surface area contributed by atoms with Crippen LogP contribution in [0.1, 0.15) is 45.2 Å². The van der Waals surface area contributed by atoms with Gasteiger partial charge in [-0.3, -0.25) is 4.90 Å². The van der Waals surface area contributed by atoms with Crippen molar-refractivity contribution in [2.24, 2.45) is 5.41 Å². The molecule has 0 fully saturated rings. The molecule has 2 heteroatoms. The van der Waals surface area contributed by atoms with Crippen molar-refractivity contribution in [3.05, 3.63) is 35.4 Å². The molecule has 1 aromatic carbocycles. The molecule has 0 unspecified atom stereocenters. The van der Waals surface area contributed by atoms with Gasteiger partial charge in [0, 0.05) is 18.6 Å². The molecule has 0 aliphatic rings. The summed E-state index contributed by atoms with van der Waals surface area (Å²) in [4.78, 5) is 2.48. The number of hydrogen-bond acceptors (Lipinski definition) is 2. The van der Waals surface area contributed by atoms with E-state index < -0.39 is 0 Å². The molecule has 1 N–H and O–H groups in total. The van der Waals surface area contributed by atoms with Gasteiger partial charge in [-0.05, 0) is 57.8 Å². The lowest BCUT2D eigenvalue weighted by atomic mass is 9.79. The zero-order valence-corrected chi connectivity index (χ0v) is 14.4. The Morgan fingerprint density at radius 3 is 2.25 bits per heavy atom.